The Kier molecular flexibility index (Phi) is 4.38. The first kappa shape index (κ1) is 19.6. The van der Waals surface area contributed by atoms with Crippen molar-refractivity contribution in [3.05, 3.63) is 60.6 Å². The lowest BCUT2D eigenvalue weighted by atomic mass is 10.1. The van der Waals surface area contributed by atoms with Crippen LogP contribution in [0.2, 0.25) is 0 Å². The summed E-state index contributed by atoms with van der Waals surface area (Å²) in [5.41, 5.74) is 5.06. The van der Waals surface area contributed by atoms with Gasteiger partial charge < -0.3 is 14.6 Å². The van der Waals surface area contributed by atoms with Crippen LogP contribution in [0.15, 0.2) is 48.9 Å². The topological polar surface area (TPSA) is 84.8 Å². The zero-order valence-corrected chi connectivity index (χ0v) is 18.4. The molecule has 0 amide bonds. The molecule has 7 rings (SSSR count). The molecule has 1 aliphatic carbocycles. The summed E-state index contributed by atoms with van der Waals surface area (Å²) in [4.78, 5) is 14.9. The van der Waals surface area contributed by atoms with Crippen LogP contribution in [0.3, 0.4) is 0 Å². The number of para-hydroxylation sites is 1. The Labute approximate surface area is 194 Å². The first-order chi connectivity index (χ1) is 16.8. The lowest BCUT2D eigenvalue weighted by Gasteiger charge is -2.29. The fraction of sp³-hybridized carbons (Fsp3) is 0.280. The SMILES string of the molecule is Fc1cccc2c(-n3c(C4CC4)nc4c(-c5nnc[nH]5)cc(N5CCOCC5)cc43)ccnc12. The monoisotopic (exact) mass is 455 g/mol. The predicted molar refractivity (Wildman–Crippen MR) is 127 cm³/mol. The Morgan fingerprint density at radius 2 is 1.94 bits per heavy atom. The third-order valence-electron chi connectivity index (χ3n) is 6.70. The number of aromatic nitrogens is 6. The first-order valence-electron chi connectivity index (χ1n) is 11.6. The Bertz CT molecular complexity index is 1520. The van der Waals surface area contributed by atoms with Crippen LogP contribution in [0, 0.1) is 5.82 Å². The summed E-state index contributed by atoms with van der Waals surface area (Å²) in [6.45, 7) is 3.01. The Hall–Kier alpha value is -3.85. The van der Waals surface area contributed by atoms with Gasteiger partial charge in [-0.2, -0.15) is 0 Å². The molecular weight excluding hydrogens is 433 g/mol. The summed E-state index contributed by atoms with van der Waals surface area (Å²) in [7, 11) is 0. The number of nitrogens with one attached hydrogen (secondary N) is 1. The summed E-state index contributed by atoms with van der Waals surface area (Å²) in [5, 5.41) is 9.07. The molecule has 2 aromatic carbocycles. The molecule has 2 fully saturated rings. The van der Waals surface area contributed by atoms with Crippen molar-refractivity contribution in [1.29, 1.82) is 0 Å². The van der Waals surface area contributed by atoms with Crippen LogP contribution in [0.1, 0.15) is 24.6 Å². The zero-order chi connectivity index (χ0) is 22.6. The average Bonchev–Trinajstić information content (AvgIpc) is 3.43. The maximum absolute atomic E-state index is 14.6. The van der Waals surface area contributed by atoms with Gasteiger partial charge in [-0.15, -0.1) is 10.2 Å². The van der Waals surface area contributed by atoms with Crippen molar-refractivity contribution in [2.24, 2.45) is 0 Å². The summed E-state index contributed by atoms with van der Waals surface area (Å²) < 4.78 is 22.4. The predicted octanol–water partition coefficient (Wildman–Crippen LogP) is 4.21. The van der Waals surface area contributed by atoms with Crippen molar-refractivity contribution in [3.8, 4) is 17.1 Å². The minimum Gasteiger partial charge on any atom is -0.378 e. The number of imidazole rings is 1. The summed E-state index contributed by atoms with van der Waals surface area (Å²) in [5.74, 6) is 1.72. The molecule has 1 saturated heterocycles. The lowest BCUT2D eigenvalue weighted by molar-refractivity contribution is 0.122. The van der Waals surface area contributed by atoms with Gasteiger partial charge in [0.25, 0.3) is 0 Å². The Balaban J connectivity index is 1.56. The second-order valence-corrected chi connectivity index (χ2v) is 8.84. The number of morpholine rings is 1. The maximum Gasteiger partial charge on any atom is 0.163 e. The minimum absolute atomic E-state index is 0.326. The highest BCUT2D eigenvalue weighted by Gasteiger charge is 2.32. The van der Waals surface area contributed by atoms with E-state index in [-0.39, 0.29) is 5.82 Å². The Morgan fingerprint density at radius 1 is 1.06 bits per heavy atom. The molecule has 1 N–H and O–H groups in total. The number of ether oxygens (including phenoxy) is 1. The fourth-order valence-electron chi connectivity index (χ4n) is 4.89. The van der Waals surface area contributed by atoms with Gasteiger partial charge in [-0.3, -0.25) is 9.55 Å². The summed E-state index contributed by atoms with van der Waals surface area (Å²) >= 11 is 0. The number of aromatic amines is 1. The third kappa shape index (κ3) is 3.07. The van der Waals surface area contributed by atoms with E-state index in [1.54, 1.807) is 18.6 Å². The van der Waals surface area contributed by atoms with Crippen LogP contribution in [0.4, 0.5) is 10.1 Å². The molecule has 0 unspecified atom stereocenters. The van der Waals surface area contributed by atoms with Crippen LogP contribution >= 0.6 is 0 Å². The Morgan fingerprint density at radius 3 is 2.74 bits per heavy atom. The smallest absolute Gasteiger partial charge is 0.163 e. The number of halogens is 1. The zero-order valence-electron chi connectivity index (χ0n) is 18.4. The molecule has 0 spiro atoms. The number of pyridine rings is 1. The largest absolute Gasteiger partial charge is 0.378 e. The van der Waals surface area contributed by atoms with Crippen molar-refractivity contribution in [2.75, 3.05) is 31.2 Å². The van der Waals surface area contributed by atoms with Gasteiger partial charge in [-0.05, 0) is 37.1 Å². The van der Waals surface area contributed by atoms with E-state index in [0.717, 1.165) is 65.1 Å². The number of H-pyrrole nitrogens is 1. The number of hydrogen-bond acceptors (Lipinski definition) is 6. The minimum atomic E-state index is -0.326. The second kappa shape index (κ2) is 7.59. The van der Waals surface area contributed by atoms with Crippen LogP contribution < -0.4 is 4.90 Å². The first-order valence-corrected chi connectivity index (χ1v) is 11.6. The molecule has 1 aliphatic heterocycles. The molecule has 1 saturated carbocycles. The normalized spacial score (nSPS) is 16.6. The third-order valence-corrected chi connectivity index (χ3v) is 6.70. The van der Waals surface area contributed by atoms with Crippen LogP contribution in [-0.2, 0) is 4.74 Å². The van der Waals surface area contributed by atoms with Crippen molar-refractivity contribution in [1.82, 2.24) is 29.7 Å². The highest BCUT2D eigenvalue weighted by Crippen LogP contribution is 2.44. The van der Waals surface area contributed by atoms with Crippen LogP contribution in [0.5, 0.6) is 0 Å². The quantitative estimate of drug-likeness (QED) is 0.437. The molecule has 8 nitrogen and oxygen atoms in total. The molecule has 170 valence electrons. The van der Waals surface area contributed by atoms with E-state index >= 15 is 0 Å². The lowest BCUT2D eigenvalue weighted by Crippen LogP contribution is -2.36. The molecule has 2 aliphatic rings. The van der Waals surface area contributed by atoms with Gasteiger partial charge in [0.2, 0.25) is 0 Å². The van der Waals surface area contributed by atoms with Crippen molar-refractivity contribution in [3.63, 3.8) is 0 Å². The van der Waals surface area contributed by atoms with Crippen molar-refractivity contribution >= 4 is 27.6 Å². The van der Waals surface area contributed by atoms with E-state index in [1.807, 2.05) is 12.1 Å². The average molecular weight is 455 g/mol. The van der Waals surface area contributed by atoms with Gasteiger partial charge in [-0.1, -0.05) is 12.1 Å². The van der Waals surface area contributed by atoms with Crippen LogP contribution in [-0.4, -0.2) is 56.0 Å². The van der Waals surface area contributed by atoms with Gasteiger partial charge in [0.05, 0.1) is 24.4 Å². The van der Waals surface area contributed by atoms with Gasteiger partial charge in [-0.25, -0.2) is 9.37 Å². The number of anilines is 1. The molecule has 0 bridgehead atoms. The van der Waals surface area contributed by atoms with E-state index in [2.05, 4.69) is 41.8 Å². The number of benzene rings is 2. The molecule has 4 heterocycles. The summed E-state index contributed by atoms with van der Waals surface area (Å²) in [6.07, 6.45) is 5.44. The highest BCUT2D eigenvalue weighted by molar-refractivity contribution is 5.97. The molecule has 3 aromatic heterocycles. The number of fused-ring (bicyclic) bond motifs is 2. The molecule has 34 heavy (non-hydrogen) atoms. The molecule has 5 aromatic rings. The van der Waals surface area contributed by atoms with Crippen molar-refractivity contribution in [2.45, 2.75) is 18.8 Å². The molecule has 0 atom stereocenters. The van der Waals surface area contributed by atoms with Gasteiger partial charge in [0.1, 0.15) is 29.0 Å². The number of nitrogens with zero attached hydrogens (tertiary/aromatic N) is 6. The number of hydrogen-bond donors (Lipinski definition) is 1. The van der Waals surface area contributed by atoms with Gasteiger partial charge in [0.15, 0.2) is 5.82 Å². The van der Waals surface area contributed by atoms with E-state index in [9.17, 15) is 4.39 Å². The van der Waals surface area contributed by atoms with Gasteiger partial charge >= 0.3 is 0 Å². The fourth-order valence-corrected chi connectivity index (χ4v) is 4.89. The highest BCUT2D eigenvalue weighted by atomic mass is 19.1. The summed E-state index contributed by atoms with van der Waals surface area (Å²) in [6, 6.07) is 11.4. The van der Waals surface area contributed by atoms with Gasteiger partial charge in [0, 0.05) is 41.8 Å². The number of rotatable bonds is 4. The van der Waals surface area contributed by atoms with E-state index < -0.39 is 0 Å². The molecular formula is C25H22FN7O. The van der Waals surface area contributed by atoms with Crippen LogP contribution in [0.25, 0.3) is 39.0 Å². The molecule has 9 heteroatoms. The van der Waals surface area contributed by atoms with E-state index in [0.29, 0.717) is 30.5 Å². The van der Waals surface area contributed by atoms with E-state index in [1.165, 1.54) is 6.07 Å². The molecule has 0 radical (unpaired) electrons. The van der Waals surface area contributed by atoms with Crippen molar-refractivity contribution < 1.29 is 9.13 Å². The maximum atomic E-state index is 14.6. The standard InChI is InChI=1S/C25H22FN7O/c26-19-3-1-2-17-20(6-7-27-22(17)19)33-21-13-16(32-8-10-34-11-9-32)12-18(24-28-14-29-31-24)23(21)30-25(33)15-4-5-15/h1-3,6-7,12-15H,4-5,8-11H2,(H,28,29,31). The van der Waals surface area contributed by atoms with E-state index in [4.69, 9.17) is 9.72 Å². The second-order valence-electron chi connectivity index (χ2n) is 8.84.